The Balaban J connectivity index is 3.01. The summed E-state index contributed by atoms with van der Waals surface area (Å²) in [5, 5.41) is 11.1. The topological polar surface area (TPSA) is 66.4 Å². The van der Waals surface area contributed by atoms with Gasteiger partial charge in [0.1, 0.15) is 6.04 Å². The molecule has 0 bridgehead atoms. The van der Waals surface area contributed by atoms with Crippen molar-refractivity contribution in [3.63, 3.8) is 0 Å². The number of carboxylic acid groups (broad SMARTS) is 1. The summed E-state index contributed by atoms with van der Waals surface area (Å²) in [7, 11) is 0. The van der Waals surface area contributed by atoms with E-state index in [0.29, 0.717) is 0 Å². The molecule has 1 atom stereocenters. The molecule has 1 aromatic rings. The number of amides is 1. The minimum absolute atomic E-state index is 0.0238. The van der Waals surface area contributed by atoms with Crippen molar-refractivity contribution < 1.29 is 27.9 Å². The van der Waals surface area contributed by atoms with Crippen LogP contribution in [-0.4, -0.2) is 23.0 Å². The summed E-state index contributed by atoms with van der Waals surface area (Å²) in [4.78, 5) is 23.0. The quantitative estimate of drug-likeness (QED) is 0.879. The van der Waals surface area contributed by atoms with Crippen LogP contribution < -0.4 is 5.32 Å². The van der Waals surface area contributed by atoms with Gasteiger partial charge in [-0.2, -0.15) is 13.2 Å². The first-order chi connectivity index (χ1) is 9.62. The number of hydrogen-bond acceptors (Lipinski definition) is 2. The Morgan fingerprint density at radius 2 is 1.81 bits per heavy atom. The van der Waals surface area contributed by atoms with Crippen molar-refractivity contribution in [1.29, 1.82) is 0 Å². The van der Waals surface area contributed by atoms with E-state index in [4.69, 9.17) is 5.11 Å². The first kappa shape index (κ1) is 17.0. The molecular formula is C14H16F3NO3. The molecule has 0 fully saturated rings. The molecule has 116 valence electrons. The van der Waals surface area contributed by atoms with Crippen LogP contribution >= 0.6 is 0 Å². The molecule has 2 N–H and O–H groups in total. The molecule has 0 aliphatic heterocycles. The van der Waals surface area contributed by atoms with E-state index in [0.717, 1.165) is 12.1 Å². The Bertz CT molecular complexity index is 526. The lowest BCUT2D eigenvalue weighted by atomic mass is 10.0. The fourth-order valence-electron chi connectivity index (χ4n) is 1.86. The number of hydrogen-bond donors (Lipinski definition) is 2. The van der Waals surface area contributed by atoms with Gasteiger partial charge in [0.05, 0.1) is 11.1 Å². The highest BCUT2D eigenvalue weighted by Crippen LogP contribution is 2.31. The lowest BCUT2D eigenvalue weighted by Crippen LogP contribution is -2.42. The van der Waals surface area contributed by atoms with Crippen LogP contribution in [0.3, 0.4) is 0 Å². The monoisotopic (exact) mass is 303 g/mol. The van der Waals surface area contributed by atoms with E-state index in [1.165, 1.54) is 12.1 Å². The van der Waals surface area contributed by atoms with Gasteiger partial charge in [0.2, 0.25) is 0 Å². The van der Waals surface area contributed by atoms with Crippen LogP contribution in [0.4, 0.5) is 13.2 Å². The Labute approximate surface area is 120 Å². The van der Waals surface area contributed by atoms with Gasteiger partial charge in [0.15, 0.2) is 0 Å². The largest absolute Gasteiger partial charge is 0.480 e. The third-order valence-electron chi connectivity index (χ3n) is 2.79. The van der Waals surface area contributed by atoms with Gasteiger partial charge in [-0.3, -0.25) is 4.79 Å². The van der Waals surface area contributed by atoms with Crippen molar-refractivity contribution in [3.05, 3.63) is 35.4 Å². The lowest BCUT2D eigenvalue weighted by molar-refractivity contribution is -0.139. The second-order valence-corrected chi connectivity index (χ2v) is 5.04. The highest BCUT2D eigenvalue weighted by Gasteiger charge is 2.35. The average molecular weight is 303 g/mol. The standard InChI is InChI=1S/C14H16F3NO3/c1-8(2)7-11(13(20)21)18-12(19)9-5-3-4-6-10(9)14(15,16)17/h3-6,8,11H,7H2,1-2H3,(H,18,19)(H,20,21)/t11-/m1/s1. The van der Waals surface area contributed by atoms with Crippen molar-refractivity contribution in [2.24, 2.45) is 5.92 Å². The SMILES string of the molecule is CC(C)C[C@@H](NC(=O)c1ccccc1C(F)(F)F)C(=O)O. The number of carboxylic acids is 1. The van der Waals surface area contributed by atoms with Gasteiger partial charge in [-0.05, 0) is 24.5 Å². The zero-order valence-corrected chi connectivity index (χ0v) is 11.6. The zero-order valence-electron chi connectivity index (χ0n) is 11.6. The molecule has 0 heterocycles. The zero-order chi connectivity index (χ0) is 16.2. The summed E-state index contributed by atoms with van der Waals surface area (Å²) in [5.74, 6) is -2.35. The third kappa shape index (κ3) is 4.77. The van der Waals surface area contributed by atoms with Crippen molar-refractivity contribution in [3.8, 4) is 0 Å². The third-order valence-corrected chi connectivity index (χ3v) is 2.79. The molecule has 0 saturated carbocycles. The lowest BCUT2D eigenvalue weighted by Gasteiger charge is -2.18. The summed E-state index contributed by atoms with van der Waals surface area (Å²) in [6.45, 7) is 3.51. The molecular weight excluding hydrogens is 287 g/mol. The number of alkyl halides is 3. The molecule has 7 heteroatoms. The Morgan fingerprint density at radius 3 is 2.29 bits per heavy atom. The first-order valence-electron chi connectivity index (χ1n) is 6.32. The molecule has 0 unspecified atom stereocenters. The van der Waals surface area contributed by atoms with Crippen molar-refractivity contribution in [2.75, 3.05) is 0 Å². The molecule has 1 rings (SSSR count). The summed E-state index contributed by atoms with van der Waals surface area (Å²) in [6.07, 6.45) is -4.54. The van der Waals surface area contributed by atoms with E-state index in [-0.39, 0.29) is 12.3 Å². The van der Waals surface area contributed by atoms with Crippen molar-refractivity contribution in [1.82, 2.24) is 5.32 Å². The molecule has 0 saturated heterocycles. The molecule has 0 radical (unpaired) electrons. The van der Waals surface area contributed by atoms with Gasteiger partial charge in [-0.1, -0.05) is 26.0 Å². The number of nitrogens with one attached hydrogen (secondary N) is 1. The van der Waals surface area contributed by atoms with Crippen LogP contribution in [0.25, 0.3) is 0 Å². The number of benzene rings is 1. The van der Waals surface area contributed by atoms with E-state index < -0.39 is 35.2 Å². The van der Waals surface area contributed by atoms with Crippen LogP contribution in [0.15, 0.2) is 24.3 Å². The fourth-order valence-corrected chi connectivity index (χ4v) is 1.86. The van der Waals surface area contributed by atoms with Crippen LogP contribution in [0.5, 0.6) is 0 Å². The van der Waals surface area contributed by atoms with Crippen molar-refractivity contribution in [2.45, 2.75) is 32.5 Å². The number of aliphatic carboxylic acids is 1. The molecule has 1 aromatic carbocycles. The fraction of sp³-hybridized carbons (Fsp3) is 0.429. The van der Waals surface area contributed by atoms with E-state index >= 15 is 0 Å². The second kappa shape index (κ2) is 6.60. The maximum Gasteiger partial charge on any atom is 0.417 e. The first-order valence-corrected chi connectivity index (χ1v) is 6.32. The highest BCUT2D eigenvalue weighted by molar-refractivity contribution is 5.98. The molecule has 0 aliphatic rings. The van der Waals surface area contributed by atoms with Gasteiger partial charge < -0.3 is 10.4 Å². The predicted octanol–water partition coefficient (Wildman–Crippen LogP) is 2.93. The molecule has 0 spiro atoms. The summed E-state index contributed by atoms with van der Waals surface area (Å²) in [5.41, 5.74) is -1.67. The van der Waals surface area contributed by atoms with Gasteiger partial charge in [0, 0.05) is 0 Å². The van der Waals surface area contributed by atoms with E-state index in [1.807, 2.05) is 0 Å². The Hall–Kier alpha value is -2.05. The highest BCUT2D eigenvalue weighted by atomic mass is 19.4. The molecule has 1 amide bonds. The van der Waals surface area contributed by atoms with E-state index in [2.05, 4.69) is 5.32 Å². The predicted molar refractivity (Wildman–Crippen MR) is 69.8 cm³/mol. The molecule has 0 aromatic heterocycles. The number of rotatable bonds is 5. The second-order valence-electron chi connectivity index (χ2n) is 5.04. The Kier molecular flexibility index (Phi) is 5.34. The Morgan fingerprint density at radius 1 is 1.24 bits per heavy atom. The van der Waals surface area contributed by atoms with Gasteiger partial charge in [-0.25, -0.2) is 4.79 Å². The van der Waals surface area contributed by atoms with Gasteiger partial charge >= 0.3 is 12.1 Å². The van der Waals surface area contributed by atoms with Crippen molar-refractivity contribution >= 4 is 11.9 Å². The average Bonchev–Trinajstić information content (AvgIpc) is 2.36. The molecule has 21 heavy (non-hydrogen) atoms. The number of carbonyl (C=O) groups is 2. The minimum atomic E-state index is -4.68. The van der Waals surface area contributed by atoms with Crippen LogP contribution in [0.2, 0.25) is 0 Å². The van der Waals surface area contributed by atoms with E-state index in [1.54, 1.807) is 13.8 Å². The van der Waals surface area contributed by atoms with Gasteiger partial charge in [0.25, 0.3) is 5.91 Å². The number of carbonyl (C=O) groups excluding carboxylic acids is 1. The molecule has 4 nitrogen and oxygen atoms in total. The van der Waals surface area contributed by atoms with Crippen LogP contribution in [0.1, 0.15) is 36.2 Å². The van der Waals surface area contributed by atoms with E-state index in [9.17, 15) is 22.8 Å². The minimum Gasteiger partial charge on any atom is -0.480 e. The van der Waals surface area contributed by atoms with Crippen LogP contribution in [0, 0.1) is 5.92 Å². The normalized spacial score (nSPS) is 13.0. The molecule has 0 aliphatic carbocycles. The summed E-state index contributed by atoms with van der Waals surface area (Å²) < 4.78 is 38.5. The maximum absolute atomic E-state index is 12.8. The summed E-state index contributed by atoms with van der Waals surface area (Å²) in [6, 6.07) is 3.04. The van der Waals surface area contributed by atoms with Crippen LogP contribution in [-0.2, 0) is 11.0 Å². The number of halogens is 3. The van der Waals surface area contributed by atoms with Gasteiger partial charge in [-0.15, -0.1) is 0 Å². The summed E-state index contributed by atoms with van der Waals surface area (Å²) >= 11 is 0. The smallest absolute Gasteiger partial charge is 0.417 e. The maximum atomic E-state index is 12.8.